The summed E-state index contributed by atoms with van der Waals surface area (Å²) in [6, 6.07) is 18.1. The first kappa shape index (κ1) is 35.7. The first-order valence-corrected chi connectivity index (χ1v) is 16.2. The van der Waals surface area contributed by atoms with E-state index < -0.39 is 11.6 Å². The van der Waals surface area contributed by atoms with Crippen LogP contribution in [0.3, 0.4) is 0 Å². The SMILES string of the molecule is CCCCOc1ccc(C(C)(C)C)cc1C(O)(c1cc(C(C)(C)C)ccc1OCCCC)[C@@H](C)N=Cc1cc(C#N)ccc1O. The zero-order valence-corrected chi connectivity index (χ0v) is 28.7. The van der Waals surface area contributed by atoms with Gasteiger partial charge in [0.2, 0.25) is 0 Å². The molecule has 3 aromatic carbocycles. The largest absolute Gasteiger partial charge is 0.507 e. The molecule has 0 amide bonds. The smallest absolute Gasteiger partial charge is 0.144 e. The third-order valence-corrected chi connectivity index (χ3v) is 8.22. The number of unbranched alkanes of at least 4 members (excludes halogenated alkanes) is 2. The van der Waals surface area contributed by atoms with Crippen LogP contribution in [0.5, 0.6) is 17.2 Å². The van der Waals surface area contributed by atoms with Crippen molar-refractivity contribution >= 4 is 6.21 Å². The Hall–Kier alpha value is -3.82. The van der Waals surface area contributed by atoms with E-state index in [0.29, 0.717) is 47.0 Å². The van der Waals surface area contributed by atoms with E-state index in [-0.39, 0.29) is 16.6 Å². The Labute approximate surface area is 270 Å². The van der Waals surface area contributed by atoms with Gasteiger partial charge in [0, 0.05) is 22.9 Å². The third-order valence-electron chi connectivity index (χ3n) is 8.22. The minimum Gasteiger partial charge on any atom is -0.507 e. The summed E-state index contributed by atoms with van der Waals surface area (Å²) in [5, 5.41) is 33.3. The monoisotopic (exact) mass is 612 g/mol. The van der Waals surface area contributed by atoms with E-state index >= 15 is 0 Å². The number of rotatable bonds is 13. The molecule has 3 rings (SSSR count). The third kappa shape index (κ3) is 8.67. The highest BCUT2D eigenvalue weighted by atomic mass is 16.5. The lowest BCUT2D eigenvalue weighted by molar-refractivity contribution is 0.0519. The number of aliphatic hydroxyl groups is 1. The van der Waals surface area contributed by atoms with E-state index in [2.05, 4.69) is 73.6 Å². The van der Waals surface area contributed by atoms with Crippen molar-refractivity contribution in [1.29, 1.82) is 5.26 Å². The highest BCUT2D eigenvalue weighted by molar-refractivity contribution is 5.84. The average molecular weight is 613 g/mol. The van der Waals surface area contributed by atoms with Crippen LogP contribution in [0.25, 0.3) is 0 Å². The Kier molecular flexibility index (Phi) is 11.9. The number of nitriles is 1. The Morgan fingerprint density at radius 2 is 1.29 bits per heavy atom. The van der Waals surface area contributed by atoms with Crippen LogP contribution >= 0.6 is 0 Å². The van der Waals surface area contributed by atoms with Gasteiger partial charge in [0.15, 0.2) is 0 Å². The molecule has 3 aromatic rings. The molecule has 1 atom stereocenters. The molecule has 0 aliphatic heterocycles. The van der Waals surface area contributed by atoms with Gasteiger partial charge in [-0.3, -0.25) is 4.99 Å². The molecule has 0 radical (unpaired) electrons. The van der Waals surface area contributed by atoms with Crippen molar-refractivity contribution in [3.05, 3.63) is 88.0 Å². The average Bonchev–Trinajstić information content (AvgIpc) is 2.99. The van der Waals surface area contributed by atoms with E-state index in [1.165, 1.54) is 12.3 Å². The maximum Gasteiger partial charge on any atom is 0.144 e. The Balaban J connectivity index is 2.39. The van der Waals surface area contributed by atoms with Crippen LogP contribution in [0.15, 0.2) is 59.6 Å². The number of ether oxygens (including phenoxy) is 2. The van der Waals surface area contributed by atoms with Crippen molar-refractivity contribution in [3.63, 3.8) is 0 Å². The van der Waals surface area contributed by atoms with Crippen molar-refractivity contribution < 1.29 is 19.7 Å². The summed E-state index contributed by atoms with van der Waals surface area (Å²) in [6.07, 6.45) is 5.25. The van der Waals surface area contributed by atoms with Gasteiger partial charge in [-0.2, -0.15) is 5.26 Å². The molecule has 0 saturated carbocycles. The van der Waals surface area contributed by atoms with E-state index in [4.69, 9.17) is 14.5 Å². The fourth-order valence-corrected chi connectivity index (χ4v) is 5.12. The van der Waals surface area contributed by atoms with Crippen molar-refractivity contribution in [1.82, 2.24) is 0 Å². The lowest BCUT2D eigenvalue weighted by Crippen LogP contribution is -2.39. The molecule has 6 nitrogen and oxygen atoms in total. The van der Waals surface area contributed by atoms with Crippen LogP contribution in [0.4, 0.5) is 0 Å². The molecule has 0 bridgehead atoms. The molecule has 45 heavy (non-hydrogen) atoms. The van der Waals surface area contributed by atoms with Gasteiger partial charge in [-0.25, -0.2) is 0 Å². The quantitative estimate of drug-likeness (QED) is 0.148. The van der Waals surface area contributed by atoms with E-state index in [9.17, 15) is 15.5 Å². The molecule has 242 valence electrons. The van der Waals surface area contributed by atoms with Crippen molar-refractivity contribution in [2.24, 2.45) is 4.99 Å². The second-order valence-electron chi connectivity index (χ2n) is 13.9. The van der Waals surface area contributed by atoms with Gasteiger partial charge in [-0.15, -0.1) is 0 Å². The number of aromatic hydroxyl groups is 1. The summed E-state index contributed by atoms with van der Waals surface area (Å²) in [7, 11) is 0. The van der Waals surface area contributed by atoms with Crippen LogP contribution < -0.4 is 9.47 Å². The van der Waals surface area contributed by atoms with Gasteiger partial charge in [0.25, 0.3) is 0 Å². The van der Waals surface area contributed by atoms with Crippen LogP contribution in [0.1, 0.15) is 121 Å². The van der Waals surface area contributed by atoms with E-state index in [1.54, 1.807) is 12.1 Å². The summed E-state index contributed by atoms with van der Waals surface area (Å²) in [5.41, 5.74) is 2.05. The molecular formula is C39H52N2O4. The second kappa shape index (κ2) is 15.0. The summed E-state index contributed by atoms with van der Waals surface area (Å²) in [6.45, 7) is 20.0. The van der Waals surface area contributed by atoms with Crippen LogP contribution in [0.2, 0.25) is 0 Å². The normalized spacial score (nSPS) is 13.1. The number of phenolic OH excluding ortho intramolecular Hbond substituents is 1. The molecule has 0 spiro atoms. The first-order chi connectivity index (χ1) is 21.2. The molecule has 0 unspecified atom stereocenters. The summed E-state index contributed by atoms with van der Waals surface area (Å²) in [5.74, 6) is 1.19. The predicted octanol–water partition coefficient (Wildman–Crippen LogP) is 8.96. The van der Waals surface area contributed by atoms with Crippen LogP contribution in [-0.2, 0) is 16.4 Å². The van der Waals surface area contributed by atoms with Gasteiger partial charge in [0.1, 0.15) is 22.8 Å². The molecular weight excluding hydrogens is 560 g/mol. The minimum absolute atomic E-state index is 0.00475. The van der Waals surface area contributed by atoms with Crippen LogP contribution in [0, 0.1) is 11.3 Å². The topological polar surface area (TPSA) is 95.1 Å². The molecule has 6 heteroatoms. The number of benzene rings is 3. The number of hydrogen-bond acceptors (Lipinski definition) is 6. The minimum atomic E-state index is -1.69. The lowest BCUT2D eigenvalue weighted by atomic mass is 9.75. The van der Waals surface area contributed by atoms with Crippen molar-refractivity contribution in [2.75, 3.05) is 13.2 Å². The standard InChI is InChI=1S/C39H52N2O4/c1-10-12-20-44-35-18-15-30(37(4,5)6)23-32(35)39(43,27(3)41-26-29-22-28(25-40)14-17-34(29)42)33-24-31(38(7,8)9)16-19-36(33)45-21-13-11-2/h14-19,22-24,26-27,42-43H,10-13,20-21H2,1-9H3/t27-/m1/s1. The summed E-state index contributed by atoms with van der Waals surface area (Å²) >= 11 is 0. The van der Waals surface area contributed by atoms with Gasteiger partial charge >= 0.3 is 0 Å². The molecule has 0 aromatic heterocycles. The van der Waals surface area contributed by atoms with Crippen LogP contribution in [-0.4, -0.2) is 35.7 Å². The van der Waals surface area contributed by atoms with E-state index in [1.807, 2.05) is 31.2 Å². The zero-order valence-electron chi connectivity index (χ0n) is 28.7. The first-order valence-electron chi connectivity index (χ1n) is 16.2. The zero-order chi connectivity index (χ0) is 33.4. The summed E-state index contributed by atoms with van der Waals surface area (Å²) in [4.78, 5) is 4.86. The van der Waals surface area contributed by atoms with E-state index in [0.717, 1.165) is 36.8 Å². The fraction of sp³-hybridized carbons (Fsp3) is 0.487. The molecule has 0 aliphatic rings. The predicted molar refractivity (Wildman–Crippen MR) is 184 cm³/mol. The van der Waals surface area contributed by atoms with Crippen molar-refractivity contribution in [3.8, 4) is 23.3 Å². The summed E-state index contributed by atoms with van der Waals surface area (Å²) < 4.78 is 12.8. The Morgan fingerprint density at radius 3 is 1.71 bits per heavy atom. The number of phenols is 1. The number of aliphatic imine (C=N–C) groups is 1. The van der Waals surface area contributed by atoms with Gasteiger partial charge in [-0.1, -0.05) is 80.4 Å². The molecule has 0 saturated heterocycles. The Morgan fingerprint density at radius 1 is 0.800 bits per heavy atom. The van der Waals surface area contributed by atoms with Gasteiger partial charge in [0.05, 0.1) is 30.9 Å². The maximum absolute atomic E-state index is 13.3. The maximum atomic E-state index is 13.3. The fourth-order valence-electron chi connectivity index (χ4n) is 5.12. The molecule has 2 N–H and O–H groups in total. The number of nitrogens with zero attached hydrogens (tertiary/aromatic N) is 2. The number of hydrogen-bond donors (Lipinski definition) is 2. The highest BCUT2D eigenvalue weighted by Gasteiger charge is 2.43. The molecule has 0 aliphatic carbocycles. The van der Waals surface area contributed by atoms with Gasteiger partial charge < -0.3 is 19.7 Å². The van der Waals surface area contributed by atoms with Gasteiger partial charge in [-0.05, 0) is 84.2 Å². The second-order valence-corrected chi connectivity index (χ2v) is 13.9. The molecule has 0 fully saturated rings. The lowest BCUT2D eigenvalue weighted by Gasteiger charge is -2.37. The Bertz CT molecular complexity index is 1430. The van der Waals surface area contributed by atoms with Crippen molar-refractivity contribution in [2.45, 2.75) is 110 Å². The highest BCUT2D eigenvalue weighted by Crippen LogP contribution is 2.46. The molecule has 0 heterocycles.